The molecule has 0 saturated heterocycles. The minimum Gasteiger partial charge on any atom is -0.462 e. The zero-order valence-corrected chi connectivity index (χ0v) is 47.6. The quantitative estimate of drug-likeness (QED) is 0.0261. The Balaban J connectivity index is 4.22. The van der Waals surface area contributed by atoms with E-state index in [0.717, 1.165) is 128 Å². The maximum Gasteiger partial charge on any atom is 0.306 e. The number of carbonyl (C=O) groups excluding carboxylic acids is 3. The van der Waals surface area contributed by atoms with Gasteiger partial charge in [0.1, 0.15) is 13.2 Å². The van der Waals surface area contributed by atoms with Gasteiger partial charge in [-0.05, 0) is 122 Å². The van der Waals surface area contributed by atoms with E-state index < -0.39 is 6.10 Å². The summed E-state index contributed by atoms with van der Waals surface area (Å²) in [4.78, 5) is 38.1. The van der Waals surface area contributed by atoms with Gasteiger partial charge in [0, 0.05) is 19.3 Å². The summed E-state index contributed by atoms with van der Waals surface area (Å²) in [5.74, 6) is -0.910. The van der Waals surface area contributed by atoms with Crippen molar-refractivity contribution < 1.29 is 28.6 Å². The maximum absolute atomic E-state index is 12.8. The molecule has 0 aromatic rings. The van der Waals surface area contributed by atoms with Crippen LogP contribution in [0.25, 0.3) is 0 Å². The number of ether oxygens (including phenoxy) is 3. The number of unbranched alkanes of at least 4 members (excludes halogenated alkanes) is 25. The molecule has 0 rings (SSSR count). The minimum absolute atomic E-state index is 0.0872. The highest BCUT2D eigenvalue weighted by Crippen LogP contribution is 2.15. The van der Waals surface area contributed by atoms with Crippen molar-refractivity contribution in [2.24, 2.45) is 0 Å². The van der Waals surface area contributed by atoms with Crippen LogP contribution in [0.3, 0.4) is 0 Å². The van der Waals surface area contributed by atoms with Gasteiger partial charge in [-0.25, -0.2) is 0 Å². The Labute approximate surface area is 450 Å². The normalized spacial score (nSPS) is 12.9. The van der Waals surface area contributed by atoms with Gasteiger partial charge >= 0.3 is 17.9 Å². The Morgan fingerprint density at radius 2 is 0.548 bits per heavy atom. The Bertz CT molecular complexity index is 1490. The van der Waals surface area contributed by atoms with Gasteiger partial charge in [-0.15, -0.1) is 0 Å². The third-order valence-corrected chi connectivity index (χ3v) is 12.7. The fourth-order valence-corrected chi connectivity index (χ4v) is 8.16. The zero-order chi connectivity index (χ0) is 52.9. The van der Waals surface area contributed by atoms with Crippen molar-refractivity contribution in [2.75, 3.05) is 13.2 Å². The van der Waals surface area contributed by atoms with E-state index in [-0.39, 0.29) is 31.1 Å². The summed E-state index contributed by atoms with van der Waals surface area (Å²) in [6, 6.07) is 0. The summed E-state index contributed by atoms with van der Waals surface area (Å²) in [6.07, 6.45) is 82.4. The van der Waals surface area contributed by atoms with Crippen LogP contribution in [-0.4, -0.2) is 37.2 Å². The molecule has 0 saturated carbocycles. The molecular formula is C67H112O6. The molecule has 73 heavy (non-hydrogen) atoms. The van der Waals surface area contributed by atoms with E-state index in [2.05, 4.69) is 130 Å². The van der Waals surface area contributed by atoms with Gasteiger partial charge in [-0.3, -0.25) is 14.4 Å². The van der Waals surface area contributed by atoms with Crippen LogP contribution in [0.5, 0.6) is 0 Å². The molecule has 0 aromatic carbocycles. The fourth-order valence-electron chi connectivity index (χ4n) is 8.16. The molecule has 0 aliphatic carbocycles. The van der Waals surface area contributed by atoms with E-state index in [1.54, 1.807) is 0 Å². The first-order valence-corrected chi connectivity index (χ1v) is 30.4. The highest BCUT2D eigenvalue weighted by molar-refractivity contribution is 5.71. The van der Waals surface area contributed by atoms with E-state index in [0.29, 0.717) is 19.3 Å². The van der Waals surface area contributed by atoms with E-state index >= 15 is 0 Å². The standard InChI is InChI=1S/C67H112O6/c1-4-7-10-13-16-19-22-24-25-26-27-28-29-30-31-32-33-34-35-36-37-38-39-40-41-43-45-48-51-54-57-60-66(69)72-63-64(62-71-65(68)59-56-53-50-47-44-21-18-15-12-9-6-3)73-67(70)61-58-55-52-49-46-42-23-20-17-14-11-8-5-2/h7,10,15-16,18-20,23-25,27-28,30-31,33-34,36-37,64H,4-6,8-9,11-14,17,21-22,26,29,32,35,38-63H2,1-3H3/b10-7-,18-15-,19-16-,23-20-,25-24-,28-27-,31-30-,34-33-,37-36-. The minimum atomic E-state index is -0.788. The third-order valence-electron chi connectivity index (χ3n) is 12.7. The van der Waals surface area contributed by atoms with Gasteiger partial charge in [0.2, 0.25) is 0 Å². The van der Waals surface area contributed by atoms with Crippen LogP contribution >= 0.6 is 0 Å². The topological polar surface area (TPSA) is 78.9 Å². The molecule has 0 aliphatic heterocycles. The lowest BCUT2D eigenvalue weighted by molar-refractivity contribution is -0.167. The highest BCUT2D eigenvalue weighted by Gasteiger charge is 2.19. The SMILES string of the molecule is CC/C=C\C/C=C\C/C=C\C/C=C\C/C=C\C/C=C\C/C=C\CCCCCCCCCCCC(=O)OCC(COC(=O)CCCCCCC/C=C\CCCC)OC(=O)CCCCCCC/C=C\CCCCCC. The molecule has 0 heterocycles. The number of rotatable bonds is 54. The largest absolute Gasteiger partial charge is 0.462 e. The first-order chi connectivity index (χ1) is 36.0. The summed E-state index contributed by atoms with van der Waals surface area (Å²) >= 11 is 0. The van der Waals surface area contributed by atoms with Crippen molar-refractivity contribution >= 4 is 17.9 Å². The molecule has 0 amide bonds. The van der Waals surface area contributed by atoms with E-state index in [1.165, 1.54) is 109 Å². The predicted molar refractivity (Wildman–Crippen MR) is 316 cm³/mol. The summed E-state index contributed by atoms with van der Waals surface area (Å²) < 4.78 is 16.8. The van der Waals surface area contributed by atoms with Gasteiger partial charge in [-0.2, -0.15) is 0 Å². The summed E-state index contributed by atoms with van der Waals surface area (Å²) in [5, 5.41) is 0. The summed E-state index contributed by atoms with van der Waals surface area (Å²) in [7, 11) is 0. The summed E-state index contributed by atoms with van der Waals surface area (Å²) in [6.45, 7) is 6.45. The lowest BCUT2D eigenvalue weighted by Crippen LogP contribution is -2.30. The van der Waals surface area contributed by atoms with Crippen molar-refractivity contribution in [2.45, 2.75) is 284 Å². The Morgan fingerprint density at radius 3 is 0.890 bits per heavy atom. The number of hydrogen-bond acceptors (Lipinski definition) is 6. The molecule has 0 spiro atoms. The molecule has 0 aromatic heterocycles. The number of esters is 3. The molecule has 0 N–H and O–H groups in total. The average molecular weight is 1010 g/mol. The maximum atomic E-state index is 12.8. The molecule has 0 aliphatic rings. The molecule has 6 heteroatoms. The smallest absolute Gasteiger partial charge is 0.306 e. The number of allylic oxidation sites excluding steroid dienone is 18. The van der Waals surface area contributed by atoms with E-state index in [1.807, 2.05) is 0 Å². The van der Waals surface area contributed by atoms with Crippen LogP contribution in [0.4, 0.5) is 0 Å². The van der Waals surface area contributed by atoms with Gasteiger partial charge in [0.25, 0.3) is 0 Å². The van der Waals surface area contributed by atoms with Crippen molar-refractivity contribution in [3.8, 4) is 0 Å². The second-order valence-electron chi connectivity index (χ2n) is 19.9. The Kier molecular flexibility index (Phi) is 57.4. The van der Waals surface area contributed by atoms with Crippen LogP contribution in [0, 0.1) is 0 Å². The summed E-state index contributed by atoms with van der Waals surface area (Å²) in [5.41, 5.74) is 0. The molecule has 6 nitrogen and oxygen atoms in total. The highest BCUT2D eigenvalue weighted by atomic mass is 16.6. The first-order valence-electron chi connectivity index (χ1n) is 30.4. The van der Waals surface area contributed by atoms with Crippen molar-refractivity contribution in [3.63, 3.8) is 0 Å². The molecule has 0 fully saturated rings. The van der Waals surface area contributed by atoms with Crippen molar-refractivity contribution in [1.82, 2.24) is 0 Å². The van der Waals surface area contributed by atoms with E-state index in [9.17, 15) is 14.4 Å². The number of carbonyl (C=O) groups is 3. The molecule has 416 valence electrons. The van der Waals surface area contributed by atoms with Crippen molar-refractivity contribution in [3.05, 3.63) is 109 Å². The second kappa shape index (κ2) is 60.6. The zero-order valence-electron chi connectivity index (χ0n) is 47.6. The fraction of sp³-hybridized carbons (Fsp3) is 0.687. The average Bonchev–Trinajstić information content (AvgIpc) is 3.39. The van der Waals surface area contributed by atoms with Crippen molar-refractivity contribution in [1.29, 1.82) is 0 Å². The first kappa shape index (κ1) is 69.1. The lowest BCUT2D eigenvalue weighted by Gasteiger charge is -2.18. The molecule has 1 atom stereocenters. The van der Waals surface area contributed by atoms with Crippen LogP contribution in [-0.2, 0) is 28.6 Å². The molecule has 0 radical (unpaired) electrons. The van der Waals surface area contributed by atoms with Gasteiger partial charge in [-0.1, -0.05) is 246 Å². The van der Waals surface area contributed by atoms with Crippen LogP contribution in [0.1, 0.15) is 278 Å². The van der Waals surface area contributed by atoms with Crippen LogP contribution in [0.2, 0.25) is 0 Å². The second-order valence-corrected chi connectivity index (χ2v) is 19.9. The third kappa shape index (κ3) is 58.8. The van der Waals surface area contributed by atoms with Gasteiger partial charge < -0.3 is 14.2 Å². The van der Waals surface area contributed by atoms with Gasteiger partial charge in [0.15, 0.2) is 6.10 Å². The molecular weight excluding hydrogens is 901 g/mol. The Hall–Kier alpha value is -3.93. The molecule has 0 bridgehead atoms. The van der Waals surface area contributed by atoms with Crippen LogP contribution < -0.4 is 0 Å². The number of hydrogen-bond donors (Lipinski definition) is 0. The lowest BCUT2D eigenvalue weighted by atomic mass is 10.1. The van der Waals surface area contributed by atoms with E-state index in [4.69, 9.17) is 14.2 Å². The van der Waals surface area contributed by atoms with Crippen LogP contribution in [0.15, 0.2) is 109 Å². The Morgan fingerprint density at radius 1 is 0.288 bits per heavy atom. The predicted octanol–water partition coefficient (Wildman–Crippen LogP) is 20.7. The van der Waals surface area contributed by atoms with Gasteiger partial charge in [0.05, 0.1) is 0 Å². The molecule has 1 unspecified atom stereocenters. The monoisotopic (exact) mass is 1010 g/mol.